The third-order valence-corrected chi connectivity index (χ3v) is 5.27. The third-order valence-electron chi connectivity index (χ3n) is 5.27. The van der Waals surface area contributed by atoms with Crippen molar-refractivity contribution in [3.05, 3.63) is 48.4 Å². The Balaban J connectivity index is 1.43. The molecule has 2 aliphatic heterocycles. The molecule has 2 aromatic rings. The maximum atomic E-state index is 12.8. The highest BCUT2D eigenvalue weighted by Crippen LogP contribution is 2.32. The minimum absolute atomic E-state index is 0.134. The van der Waals surface area contributed by atoms with E-state index in [4.69, 9.17) is 9.47 Å². The molecule has 2 fully saturated rings. The van der Waals surface area contributed by atoms with Crippen molar-refractivity contribution in [2.45, 2.75) is 18.8 Å². The summed E-state index contributed by atoms with van der Waals surface area (Å²) in [6.07, 6.45) is 5.28. The van der Waals surface area contributed by atoms with E-state index in [1.807, 2.05) is 35.2 Å². The molecule has 0 aliphatic carbocycles. The van der Waals surface area contributed by atoms with Crippen molar-refractivity contribution in [3.8, 4) is 11.6 Å². The number of hydrogen-bond donors (Lipinski definition) is 0. The molecule has 2 aliphatic rings. The van der Waals surface area contributed by atoms with E-state index in [0.717, 1.165) is 43.9 Å². The second-order valence-electron chi connectivity index (χ2n) is 7.23. The van der Waals surface area contributed by atoms with E-state index in [0.29, 0.717) is 32.2 Å². The molecule has 7 nitrogen and oxygen atoms in total. The number of aromatic nitrogens is 2. The van der Waals surface area contributed by atoms with Crippen molar-refractivity contribution in [2.24, 2.45) is 0 Å². The van der Waals surface area contributed by atoms with E-state index in [1.165, 1.54) is 0 Å². The van der Waals surface area contributed by atoms with E-state index in [9.17, 15) is 4.79 Å². The fourth-order valence-electron chi connectivity index (χ4n) is 3.77. The molecule has 1 atom stereocenters. The first kappa shape index (κ1) is 18.8. The number of ether oxygens (including phenoxy) is 2. The SMILES string of the molecule is O=C(CN1CCOCC1)N1CCCC(c2nccnc2Oc2ccccc2)C1. The highest BCUT2D eigenvalue weighted by Gasteiger charge is 2.29. The largest absolute Gasteiger partial charge is 0.437 e. The van der Waals surface area contributed by atoms with Gasteiger partial charge in [-0.25, -0.2) is 4.98 Å². The molecule has 7 heteroatoms. The summed E-state index contributed by atoms with van der Waals surface area (Å²) in [5.74, 6) is 1.58. The standard InChI is InChI=1S/C21H26N4O3/c26-19(16-24-11-13-27-14-12-24)25-10-4-5-17(15-25)20-21(23-9-8-22-20)28-18-6-2-1-3-7-18/h1-3,6-9,17H,4-5,10-16H2. The minimum atomic E-state index is 0.134. The monoisotopic (exact) mass is 382 g/mol. The maximum absolute atomic E-state index is 12.8. The van der Waals surface area contributed by atoms with Gasteiger partial charge in [-0.1, -0.05) is 18.2 Å². The fourth-order valence-corrected chi connectivity index (χ4v) is 3.77. The number of nitrogens with zero attached hydrogens (tertiary/aromatic N) is 4. The Morgan fingerprint density at radius 2 is 1.89 bits per heavy atom. The number of morpholine rings is 1. The third kappa shape index (κ3) is 4.66. The predicted molar refractivity (Wildman–Crippen MR) is 104 cm³/mol. The first-order valence-electron chi connectivity index (χ1n) is 9.91. The van der Waals surface area contributed by atoms with Crippen LogP contribution in [0.2, 0.25) is 0 Å². The van der Waals surface area contributed by atoms with Crippen molar-refractivity contribution in [3.63, 3.8) is 0 Å². The van der Waals surface area contributed by atoms with Crippen LogP contribution < -0.4 is 4.74 Å². The van der Waals surface area contributed by atoms with Crippen LogP contribution in [0.3, 0.4) is 0 Å². The average Bonchev–Trinajstić information content (AvgIpc) is 2.76. The summed E-state index contributed by atoms with van der Waals surface area (Å²) in [5.41, 5.74) is 0.829. The summed E-state index contributed by atoms with van der Waals surface area (Å²) in [4.78, 5) is 25.9. The van der Waals surface area contributed by atoms with Gasteiger partial charge in [-0.2, -0.15) is 0 Å². The summed E-state index contributed by atoms with van der Waals surface area (Å²) in [6.45, 7) is 4.97. The molecule has 0 bridgehead atoms. The van der Waals surface area contributed by atoms with Crippen molar-refractivity contribution in [2.75, 3.05) is 45.9 Å². The Morgan fingerprint density at radius 1 is 1.11 bits per heavy atom. The maximum Gasteiger partial charge on any atom is 0.241 e. The van der Waals surface area contributed by atoms with E-state index < -0.39 is 0 Å². The van der Waals surface area contributed by atoms with E-state index in [-0.39, 0.29) is 11.8 Å². The van der Waals surface area contributed by atoms with Gasteiger partial charge in [0, 0.05) is 44.5 Å². The van der Waals surface area contributed by atoms with Gasteiger partial charge >= 0.3 is 0 Å². The second kappa shape index (κ2) is 9.12. The molecule has 1 aromatic heterocycles. The van der Waals surface area contributed by atoms with Crippen molar-refractivity contribution >= 4 is 5.91 Å². The number of carbonyl (C=O) groups is 1. The lowest BCUT2D eigenvalue weighted by Crippen LogP contribution is -2.47. The summed E-state index contributed by atoms with van der Waals surface area (Å²) in [6, 6.07) is 9.61. The van der Waals surface area contributed by atoms with Crippen LogP contribution in [0.1, 0.15) is 24.5 Å². The van der Waals surface area contributed by atoms with Gasteiger partial charge in [-0.05, 0) is 25.0 Å². The Kier molecular flexibility index (Phi) is 6.14. The zero-order chi connectivity index (χ0) is 19.2. The Morgan fingerprint density at radius 3 is 2.71 bits per heavy atom. The molecule has 0 N–H and O–H groups in total. The molecule has 4 rings (SSSR count). The molecule has 2 saturated heterocycles. The van der Waals surface area contributed by atoms with Crippen molar-refractivity contribution < 1.29 is 14.3 Å². The van der Waals surface area contributed by atoms with Crippen LogP contribution >= 0.6 is 0 Å². The van der Waals surface area contributed by atoms with E-state index in [2.05, 4.69) is 14.9 Å². The van der Waals surface area contributed by atoms with Gasteiger partial charge in [0.05, 0.1) is 19.8 Å². The Labute approximate surface area is 165 Å². The number of amides is 1. The number of piperidine rings is 1. The van der Waals surface area contributed by atoms with Gasteiger partial charge in [0.1, 0.15) is 11.4 Å². The quantitative estimate of drug-likeness (QED) is 0.791. The lowest BCUT2D eigenvalue weighted by molar-refractivity contribution is -0.134. The zero-order valence-corrected chi connectivity index (χ0v) is 16.0. The van der Waals surface area contributed by atoms with Crippen LogP contribution in [-0.4, -0.2) is 71.6 Å². The molecule has 28 heavy (non-hydrogen) atoms. The van der Waals surface area contributed by atoms with Gasteiger partial charge in [0.25, 0.3) is 0 Å². The van der Waals surface area contributed by atoms with Gasteiger partial charge in [0.2, 0.25) is 11.8 Å². The normalized spacial score (nSPS) is 20.7. The summed E-state index contributed by atoms with van der Waals surface area (Å²) < 4.78 is 11.3. The smallest absolute Gasteiger partial charge is 0.241 e. The molecule has 1 aromatic carbocycles. The van der Waals surface area contributed by atoms with E-state index in [1.54, 1.807) is 12.4 Å². The number of para-hydroxylation sites is 1. The van der Waals surface area contributed by atoms with Crippen LogP contribution in [-0.2, 0) is 9.53 Å². The Bertz CT molecular complexity index is 780. The lowest BCUT2D eigenvalue weighted by Gasteiger charge is -2.35. The highest BCUT2D eigenvalue weighted by atomic mass is 16.5. The number of carbonyl (C=O) groups excluding carboxylic acids is 1. The highest BCUT2D eigenvalue weighted by molar-refractivity contribution is 5.78. The summed E-state index contributed by atoms with van der Waals surface area (Å²) in [7, 11) is 0. The summed E-state index contributed by atoms with van der Waals surface area (Å²) >= 11 is 0. The molecule has 1 unspecified atom stereocenters. The zero-order valence-electron chi connectivity index (χ0n) is 16.0. The first-order valence-corrected chi connectivity index (χ1v) is 9.91. The predicted octanol–water partition coefficient (Wildman–Crippen LogP) is 2.31. The van der Waals surface area contributed by atoms with Gasteiger partial charge in [0.15, 0.2) is 0 Å². The topological polar surface area (TPSA) is 67.8 Å². The van der Waals surface area contributed by atoms with E-state index >= 15 is 0 Å². The second-order valence-corrected chi connectivity index (χ2v) is 7.23. The molecule has 0 spiro atoms. The van der Waals surface area contributed by atoms with Crippen molar-refractivity contribution in [1.29, 1.82) is 0 Å². The minimum Gasteiger partial charge on any atom is -0.437 e. The number of benzene rings is 1. The molecular weight excluding hydrogens is 356 g/mol. The molecule has 3 heterocycles. The fraction of sp³-hybridized carbons (Fsp3) is 0.476. The molecule has 0 radical (unpaired) electrons. The van der Waals surface area contributed by atoms with Crippen LogP contribution in [0.15, 0.2) is 42.7 Å². The Hall–Kier alpha value is -2.51. The van der Waals surface area contributed by atoms with Gasteiger partial charge in [-0.15, -0.1) is 0 Å². The van der Waals surface area contributed by atoms with Crippen molar-refractivity contribution in [1.82, 2.24) is 19.8 Å². The van der Waals surface area contributed by atoms with Gasteiger partial charge in [-0.3, -0.25) is 14.7 Å². The molecule has 148 valence electrons. The lowest BCUT2D eigenvalue weighted by atomic mass is 9.94. The number of hydrogen-bond acceptors (Lipinski definition) is 6. The summed E-state index contributed by atoms with van der Waals surface area (Å²) in [5, 5.41) is 0. The number of likely N-dealkylation sites (tertiary alicyclic amines) is 1. The van der Waals surface area contributed by atoms with Crippen LogP contribution in [0.4, 0.5) is 0 Å². The first-order chi connectivity index (χ1) is 13.8. The molecular formula is C21H26N4O3. The molecule has 1 amide bonds. The number of rotatable bonds is 5. The van der Waals surface area contributed by atoms with Crippen LogP contribution in [0.5, 0.6) is 11.6 Å². The van der Waals surface area contributed by atoms with Crippen LogP contribution in [0.25, 0.3) is 0 Å². The average molecular weight is 382 g/mol. The van der Waals surface area contributed by atoms with Crippen LogP contribution in [0, 0.1) is 0 Å². The van der Waals surface area contributed by atoms with Gasteiger partial charge < -0.3 is 14.4 Å². The molecule has 0 saturated carbocycles.